The van der Waals surface area contributed by atoms with Crippen LogP contribution in [-0.2, 0) is 0 Å². The third-order valence-electron chi connectivity index (χ3n) is 2.88. The second-order valence-corrected chi connectivity index (χ2v) is 7.18. The molecule has 0 aromatic heterocycles. The molecule has 0 spiro atoms. The minimum Gasteiger partial charge on any atom is -0.313 e. The Morgan fingerprint density at radius 3 is 2.47 bits per heavy atom. The molecule has 0 fully saturated rings. The molecule has 0 amide bonds. The molecule has 0 saturated heterocycles. The highest BCUT2D eigenvalue weighted by molar-refractivity contribution is 14.1. The van der Waals surface area contributed by atoms with Crippen LogP contribution in [0.15, 0.2) is 18.2 Å². The van der Waals surface area contributed by atoms with E-state index < -0.39 is 0 Å². The molecule has 3 heteroatoms. The van der Waals surface area contributed by atoms with E-state index in [1.807, 2.05) is 7.05 Å². The zero-order valence-electron chi connectivity index (χ0n) is 11.0. The summed E-state index contributed by atoms with van der Waals surface area (Å²) in [5, 5.41) is 4.22. The fraction of sp³-hybridized carbons (Fsp3) is 0.571. The Morgan fingerprint density at radius 1 is 1.35 bits per heavy atom. The molecule has 0 radical (unpaired) electrons. The van der Waals surface area contributed by atoms with Crippen molar-refractivity contribution < 1.29 is 0 Å². The largest absolute Gasteiger partial charge is 0.313 e. The van der Waals surface area contributed by atoms with Crippen molar-refractivity contribution in [3.63, 3.8) is 0 Å². The monoisotopic (exact) mass is 365 g/mol. The Morgan fingerprint density at radius 2 is 2.00 bits per heavy atom. The van der Waals surface area contributed by atoms with E-state index in [4.69, 9.17) is 11.6 Å². The van der Waals surface area contributed by atoms with Crippen molar-refractivity contribution in [2.24, 2.45) is 5.41 Å². The standard InChI is InChI=1S/C14H21ClIN/c1-14(2,3)8-7-13(17-4)10-5-6-12(16)11(15)9-10/h5-6,9,13,17H,7-8H2,1-4H3. The lowest BCUT2D eigenvalue weighted by atomic mass is 9.87. The second-order valence-electron chi connectivity index (χ2n) is 5.61. The summed E-state index contributed by atoms with van der Waals surface area (Å²) in [6.45, 7) is 6.84. The summed E-state index contributed by atoms with van der Waals surface area (Å²) in [6, 6.07) is 6.72. The predicted molar refractivity (Wildman–Crippen MR) is 84.7 cm³/mol. The topological polar surface area (TPSA) is 12.0 Å². The van der Waals surface area contributed by atoms with Crippen LogP contribution >= 0.6 is 34.2 Å². The van der Waals surface area contributed by atoms with Crippen LogP contribution in [0.4, 0.5) is 0 Å². The van der Waals surface area contributed by atoms with Crippen LogP contribution in [0, 0.1) is 8.99 Å². The van der Waals surface area contributed by atoms with Gasteiger partial charge < -0.3 is 5.32 Å². The van der Waals surface area contributed by atoms with Crippen LogP contribution in [0.3, 0.4) is 0 Å². The molecule has 0 aliphatic carbocycles. The lowest BCUT2D eigenvalue weighted by Crippen LogP contribution is -2.19. The molecular weight excluding hydrogens is 345 g/mol. The van der Waals surface area contributed by atoms with Crippen molar-refractivity contribution in [3.05, 3.63) is 32.4 Å². The summed E-state index contributed by atoms with van der Waals surface area (Å²) in [5.74, 6) is 0. The Labute approximate surface area is 123 Å². The molecule has 1 unspecified atom stereocenters. The highest BCUT2D eigenvalue weighted by atomic mass is 127. The first-order valence-electron chi connectivity index (χ1n) is 5.96. The van der Waals surface area contributed by atoms with Gasteiger partial charge in [0.25, 0.3) is 0 Å². The first kappa shape index (κ1) is 15.3. The average molecular weight is 366 g/mol. The zero-order chi connectivity index (χ0) is 13.1. The van der Waals surface area contributed by atoms with Gasteiger partial charge in [0.1, 0.15) is 0 Å². The van der Waals surface area contributed by atoms with Gasteiger partial charge in [0.15, 0.2) is 0 Å². The molecule has 1 rings (SSSR count). The molecule has 0 saturated carbocycles. The van der Waals surface area contributed by atoms with Gasteiger partial charge in [-0.3, -0.25) is 0 Å². The van der Waals surface area contributed by atoms with Gasteiger partial charge in [-0.25, -0.2) is 0 Å². The molecule has 0 heterocycles. The quantitative estimate of drug-likeness (QED) is 0.738. The third-order valence-corrected chi connectivity index (χ3v) is 4.45. The summed E-state index contributed by atoms with van der Waals surface area (Å²) < 4.78 is 1.11. The number of benzene rings is 1. The summed E-state index contributed by atoms with van der Waals surface area (Å²) in [4.78, 5) is 0. The Bertz CT molecular complexity index is 371. The summed E-state index contributed by atoms with van der Waals surface area (Å²) >= 11 is 8.43. The van der Waals surface area contributed by atoms with Crippen molar-refractivity contribution in [2.75, 3.05) is 7.05 Å². The van der Waals surface area contributed by atoms with E-state index in [-0.39, 0.29) is 0 Å². The van der Waals surface area contributed by atoms with Gasteiger partial charge in [-0.15, -0.1) is 0 Å². The van der Waals surface area contributed by atoms with Gasteiger partial charge in [0, 0.05) is 9.61 Å². The first-order valence-corrected chi connectivity index (χ1v) is 7.41. The SMILES string of the molecule is CNC(CCC(C)(C)C)c1ccc(I)c(Cl)c1. The van der Waals surface area contributed by atoms with Gasteiger partial charge in [-0.2, -0.15) is 0 Å². The summed E-state index contributed by atoms with van der Waals surface area (Å²) in [5.41, 5.74) is 1.66. The lowest BCUT2D eigenvalue weighted by molar-refractivity contribution is 0.338. The van der Waals surface area contributed by atoms with Crippen LogP contribution in [0.25, 0.3) is 0 Å². The smallest absolute Gasteiger partial charge is 0.0542 e. The second kappa shape index (κ2) is 6.39. The molecular formula is C14H21ClIN. The van der Waals surface area contributed by atoms with Crippen molar-refractivity contribution in [2.45, 2.75) is 39.7 Å². The van der Waals surface area contributed by atoms with Crippen LogP contribution in [0.5, 0.6) is 0 Å². The van der Waals surface area contributed by atoms with E-state index in [1.165, 1.54) is 12.0 Å². The molecule has 1 nitrogen and oxygen atoms in total. The number of hydrogen-bond acceptors (Lipinski definition) is 1. The highest BCUT2D eigenvalue weighted by Gasteiger charge is 2.16. The van der Waals surface area contributed by atoms with E-state index in [0.717, 1.165) is 15.0 Å². The highest BCUT2D eigenvalue weighted by Crippen LogP contribution is 2.29. The number of rotatable bonds is 4. The van der Waals surface area contributed by atoms with Gasteiger partial charge in [-0.1, -0.05) is 38.4 Å². The fourth-order valence-electron chi connectivity index (χ4n) is 1.78. The Hall–Kier alpha value is 0.200. The minimum absolute atomic E-state index is 0.377. The maximum absolute atomic E-state index is 6.17. The molecule has 1 aromatic carbocycles. The van der Waals surface area contributed by atoms with Crippen LogP contribution in [0.1, 0.15) is 45.2 Å². The van der Waals surface area contributed by atoms with Crippen LogP contribution < -0.4 is 5.32 Å². The first-order chi connectivity index (χ1) is 7.83. The van der Waals surface area contributed by atoms with Gasteiger partial charge in [0.2, 0.25) is 0 Å². The summed E-state index contributed by atoms with van der Waals surface area (Å²) in [6.07, 6.45) is 2.33. The van der Waals surface area contributed by atoms with E-state index in [9.17, 15) is 0 Å². The maximum atomic E-state index is 6.17. The van der Waals surface area contributed by atoms with E-state index in [2.05, 4.69) is 66.9 Å². The summed E-state index contributed by atoms with van der Waals surface area (Å²) in [7, 11) is 2.01. The van der Waals surface area contributed by atoms with Gasteiger partial charge >= 0.3 is 0 Å². The van der Waals surface area contributed by atoms with E-state index in [0.29, 0.717) is 11.5 Å². The average Bonchev–Trinajstić information content (AvgIpc) is 2.22. The maximum Gasteiger partial charge on any atom is 0.0542 e. The molecule has 1 atom stereocenters. The van der Waals surface area contributed by atoms with E-state index in [1.54, 1.807) is 0 Å². The van der Waals surface area contributed by atoms with Crippen molar-refractivity contribution in [3.8, 4) is 0 Å². The third kappa shape index (κ3) is 5.14. The van der Waals surface area contributed by atoms with E-state index >= 15 is 0 Å². The predicted octanol–water partition coefficient (Wildman–Crippen LogP) is 5.03. The number of nitrogens with one attached hydrogen (secondary N) is 1. The van der Waals surface area contributed by atoms with Crippen molar-refractivity contribution >= 4 is 34.2 Å². The van der Waals surface area contributed by atoms with Gasteiger partial charge in [0.05, 0.1) is 5.02 Å². The molecule has 1 N–H and O–H groups in total. The molecule has 1 aromatic rings. The number of halogens is 2. The van der Waals surface area contributed by atoms with Crippen molar-refractivity contribution in [1.29, 1.82) is 0 Å². The fourth-order valence-corrected chi connectivity index (χ4v) is 2.31. The molecule has 0 aliphatic heterocycles. The van der Waals surface area contributed by atoms with Crippen molar-refractivity contribution in [1.82, 2.24) is 5.32 Å². The lowest BCUT2D eigenvalue weighted by Gasteiger charge is -2.23. The molecule has 17 heavy (non-hydrogen) atoms. The molecule has 96 valence electrons. The number of hydrogen-bond donors (Lipinski definition) is 1. The Balaban J connectivity index is 2.76. The normalized spacial score (nSPS) is 13.8. The Kier molecular flexibility index (Phi) is 5.74. The minimum atomic E-state index is 0.377. The molecule has 0 aliphatic rings. The van der Waals surface area contributed by atoms with Gasteiger partial charge in [-0.05, 0) is 65.6 Å². The zero-order valence-corrected chi connectivity index (χ0v) is 13.9. The molecule has 0 bridgehead atoms. The van der Waals surface area contributed by atoms with Crippen LogP contribution in [0.2, 0.25) is 5.02 Å². The van der Waals surface area contributed by atoms with Crippen LogP contribution in [-0.4, -0.2) is 7.05 Å².